The molecule has 1 aromatic heterocycles. The standard InChI is InChI=1S/C28H27ClN4O6/c1-16-6-7-17(2)22(11-16)33-28(36)32-21-9-8-18(12-20(21)29)39-27-19-13-24(37-3)25(14-23(19)30-15-31-27)38-10-4-5-26(34)35/h6-9,11-15H,4-5,10H2,1-3H3,(H,34,35)(H2,32,33,36). The van der Waals surface area contributed by atoms with E-state index in [-0.39, 0.29) is 23.9 Å². The molecule has 4 rings (SSSR count). The summed E-state index contributed by atoms with van der Waals surface area (Å²) in [6.07, 6.45) is 1.71. The van der Waals surface area contributed by atoms with Crippen LogP contribution in [-0.2, 0) is 4.79 Å². The largest absolute Gasteiger partial charge is 0.493 e. The van der Waals surface area contributed by atoms with E-state index in [1.54, 1.807) is 30.3 Å². The van der Waals surface area contributed by atoms with Crippen molar-refractivity contribution in [2.75, 3.05) is 24.4 Å². The van der Waals surface area contributed by atoms with Crippen molar-refractivity contribution < 1.29 is 28.9 Å². The van der Waals surface area contributed by atoms with Gasteiger partial charge in [-0.2, -0.15) is 0 Å². The third-order valence-electron chi connectivity index (χ3n) is 5.72. The van der Waals surface area contributed by atoms with Crippen molar-refractivity contribution in [1.82, 2.24) is 9.97 Å². The zero-order chi connectivity index (χ0) is 27.9. The fourth-order valence-electron chi connectivity index (χ4n) is 3.72. The van der Waals surface area contributed by atoms with Crippen molar-refractivity contribution >= 4 is 45.9 Å². The number of hydrogen-bond donors (Lipinski definition) is 3. The molecule has 2 amide bonds. The second-order valence-corrected chi connectivity index (χ2v) is 9.09. The van der Waals surface area contributed by atoms with Crippen LogP contribution in [0.15, 0.2) is 54.9 Å². The Bertz CT molecular complexity index is 1530. The zero-order valence-corrected chi connectivity index (χ0v) is 22.3. The van der Waals surface area contributed by atoms with Gasteiger partial charge in [0.05, 0.1) is 35.3 Å². The number of ether oxygens (including phenoxy) is 3. The SMILES string of the molecule is COc1cc2c(Oc3ccc(NC(=O)Nc4cc(C)ccc4C)c(Cl)c3)ncnc2cc1OCCCC(=O)O. The molecule has 0 radical (unpaired) electrons. The minimum atomic E-state index is -0.886. The highest BCUT2D eigenvalue weighted by Crippen LogP contribution is 2.37. The monoisotopic (exact) mass is 550 g/mol. The number of methoxy groups -OCH3 is 1. The van der Waals surface area contributed by atoms with Crippen LogP contribution in [0.1, 0.15) is 24.0 Å². The Hall–Kier alpha value is -4.57. The van der Waals surface area contributed by atoms with E-state index < -0.39 is 12.0 Å². The van der Waals surface area contributed by atoms with Gasteiger partial charge in [0.25, 0.3) is 0 Å². The number of urea groups is 1. The Kier molecular flexibility index (Phi) is 8.67. The highest BCUT2D eigenvalue weighted by atomic mass is 35.5. The fourth-order valence-corrected chi connectivity index (χ4v) is 3.94. The molecule has 0 aliphatic heterocycles. The molecule has 4 aromatic rings. The van der Waals surface area contributed by atoms with Crippen LogP contribution < -0.4 is 24.8 Å². The minimum absolute atomic E-state index is 0.00396. The lowest BCUT2D eigenvalue weighted by atomic mass is 10.1. The molecular weight excluding hydrogens is 524 g/mol. The van der Waals surface area contributed by atoms with E-state index in [1.165, 1.54) is 13.4 Å². The lowest BCUT2D eigenvalue weighted by molar-refractivity contribution is -0.137. The van der Waals surface area contributed by atoms with E-state index in [4.69, 9.17) is 30.9 Å². The molecule has 0 saturated heterocycles. The van der Waals surface area contributed by atoms with Crippen LogP contribution in [0.3, 0.4) is 0 Å². The van der Waals surface area contributed by atoms with Gasteiger partial charge in [-0.05, 0) is 55.7 Å². The molecular formula is C28H27ClN4O6. The first-order valence-electron chi connectivity index (χ1n) is 12.0. The normalized spacial score (nSPS) is 10.7. The summed E-state index contributed by atoms with van der Waals surface area (Å²) in [7, 11) is 1.50. The molecule has 1 heterocycles. The number of anilines is 2. The molecule has 0 unspecified atom stereocenters. The molecule has 0 aliphatic rings. The molecule has 202 valence electrons. The summed E-state index contributed by atoms with van der Waals surface area (Å²) in [5, 5.41) is 15.2. The number of benzene rings is 3. The summed E-state index contributed by atoms with van der Waals surface area (Å²) in [6.45, 7) is 4.08. The number of hydrogen-bond acceptors (Lipinski definition) is 7. The van der Waals surface area contributed by atoms with Gasteiger partial charge in [0, 0.05) is 24.2 Å². The minimum Gasteiger partial charge on any atom is -0.493 e. The maximum absolute atomic E-state index is 12.5. The molecule has 0 aliphatic carbocycles. The number of amides is 2. The van der Waals surface area contributed by atoms with E-state index in [2.05, 4.69) is 20.6 Å². The fraction of sp³-hybridized carbons (Fsp3) is 0.214. The number of rotatable bonds is 10. The number of fused-ring (bicyclic) bond motifs is 1. The molecule has 3 N–H and O–H groups in total. The van der Waals surface area contributed by atoms with Gasteiger partial charge in [0.2, 0.25) is 5.88 Å². The molecule has 10 nitrogen and oxygen atoms in total. The summed E-state index contributed by atoms with van der Waals surface area (Å²) >= 11 is 6.44. The van der Waals surface area contributed by atoms with Crippen LogP contribution in [0.25, 0.3) is 10.9 Å². The molecule has 0 saturated carbocycles. The van der Waals surface area contributed by atoms with Crippen molar-refractivity contribution in [1.29, 1.82) is 0 Å². The average Bonchev–Trinajstić information content (AvgIpc) is 2.90. The van der Waals surface area contributed by atoms with Crippen molar-refractivity contribution in [3.05, 3.63) is 71.0 Å². The van der Waals surface area contributed by atoms with Gasteiger partial charge in [0.15, 0.2) is 11.5 Å². The topological polar surface area (TPSA) is 132 Å². The number of aromatic nitrogens is 2. The number of nitrogens with one attached hydrogen (secondary N) is 2. The second-order valence-electron chi connectivity index (χ2n) is 8.69. The number of carboxylic acid groups (broad SMARTS) is 1. The number of nitrogens with zero attached hydrogens (tertiary/aromatic N) is 2. The van der Waals surface area contributed by atoms with Gasteiger partial charge < -0.3 is 30.0 Å². The summed E-state index contributed by atoms with van der Waals surface area (Å²) in [5.41, 5.74) is 3.64. The van der Waals surface area contributed by atoms with Crippen LogP contribution in [0.4, 0.5) is 16.2 Å². The Morgan fingerprint density at radius 3 is 2.51 bits per heavy atom. The molecule has 11 heteroatoms. The van der Waals surface area contributed by atoms with Gasteiger partial charge in [-0.1, -0.05) is 23.7 Å². The summed E-state index contributed by atoms with van der Waals surface area (Å²) in [4.78, 5) is 31.8. The van der Waals surface area contributed by atoms with Gasteiger partial charge in [-0.15, -0.1) is 0 Å². The van der Waals surface area contributed by atoms with Crippen LogP contribution in [-0.4, -0.2) is 40.8 Å². The molecule has 0 atom stereocenters. The Morgan fingerprint density at radius 1 is 0.974 bits per heavy atom. The summed E-state index contributed by atoms with van der Waals surface area (Å²) in [6, 6.07) is 13.6. The highest BCUT2D eigenvalue weighted by Gasteiger charge is 2.15. The number of aryl methyl sites for hydroxylation is 2. The molecule has 0 bridgehead atoms. The van der Waals surface area contributed by atoms with E-state index in [9.17, 15) is 9.59 Å². The lowest BCUT2D eigenvalue weighted by Gasteiger charge is -2.14. The highest BCUT2D eigenvalue weighted by molar-refractivity contribution is 6.34. The smallest absolute Gasteiger partial charge is 0.323 e. The molecule has 0 spiro atoms. The number of aliphatic carboxylic acids is 1. The first kappa shape index (κ1) is 27.5. The molecule has 39 heavy (non-hydrogen) atoms. The van der Waals surface area contributed by atoms with Gasteiger partial charge in [0.1, 0.15) is 12.1 Å². The predicted molar refractivity (Wildman–Crippen MR) is 149 cm³/mol. The Labute approximate surface area is 229 Å². The number of carbonyl (C=O) groups excluding carboxylic acids is 1. The zero-order valence-electron chi connectivity index (χ0n) is 21.6. The third-order valence-corrected chi connectivity index (χ3v) is 6.03. The maximum atomic E-state index is 12.5. The maximum Gasteiger partial charge on any atom is 0.323 e. The van der Waals surface area contributed by atoms with Gasteiger partial charge in [-0.25, -0.2) is 14.8 Å². The Balaban J connectivity index is 1.48. The van der Waals surface area contributed by atoms with Crippen LogP contribution >= 0.6 is 11.6 Å². The van der Waals surface area contributed by atoms with Crippen molar-refractivity contribution in [2.24, 2.45) is 0 Å². The Morgan fingerprint density at radius 2 is 1.77 bits per heavy atom. The summed E-state index contributed by atoms with van der Waals surface area (Å²) < 4.78 is 17.1. The first-order chi connectivity index (χ1) is 18.7. The van der Waals surface area contributed by atoms with Crippen molar-refractivity contribution in [2.45, 2.75) is 26.7 Å². The van der Waals surface area contributed by atoms with E-state index in [0.717, 1.165) is 11.1 Å². The van der Waals surface area contributed by atoms with Crippen LogP contribution in [0.5, 0.6) is 23.1 Å². The number of carboxylic acids is 1. The number of carbonyl (C=O) groups is 2. The van der Waals surface area contributed by atoms with E-state index in [1.807, 2.05) is 32.0 Å². The van der Waals surface area contributed by atoms with E-state index in [0.29, 0.717) is 45.9 Å². The summed E-state index contributed by atoms with van der Waals surface area (Å²) in [5.74, 6) is 0.624. The van der Waals surface area contributed by atoms with Crippen LogP contribution in [0.2, 0.25) is 5.02 Å². The molecule has 3 aromatic carbocycles. The predicted octanol–water partition coefficient (Wildman–Crippen LogP) is 6.59. The first-order valence-corrected chi connectivity index (χ1v) is 12.4. The van der Waals surface area contributed by atoms with Gasteiger partial charge >= 0.3 is 12.0 Å². The average molecular weight is 551 g/mol. The third kappa shape index (κ3) is 7.05. The van der Waals surface area contributed by atoms with Crippen molar-refractivity contribution in [3.63, 3.8) is 0 Å². The second kappa shape index (κ2) is 12.3. The quantitative estimate of drug-likeness (QED) is 0.188. The van der Waals surface area contributed by atoms with Crippen molar-refractivity contribution in [3.8, 4) is 23.1 Å². The van der Waals surface area contributed by atoms with Gasteiger partial charge in [-0.3, -0.25) is 4.79 Å². The van der Waals surface area contributed by atoms with Crippen LogP contribution in [0, 0.1) is 13.8 Å². The van der Waals surface area contributed by atoms with E-state index >= 15 is 0 Å². The lowest BCUT2D eigenvalue weighted by Crippen LogP contribution is -2.20. The number of halogens is 1. The molecule has 0 fully saturated rings.